The molecule has 86 valence electrons. The third-order valence-corrected chi connectivity index (χ3v) is 3.41. The van der Waals surface area contributed by atoms with Crippen LogP contribution in [0.4, 0.5) is 5.82 Å². The van der Waals surface area contributed by atoms with E-state index in [-0.39, 0.29) is 6.04 Å². The molecule has 1 aromatic heterocycles. The number of halogens is 1. The van der Waals surface area contributed by atoms with Gasteiger partial charge in [0.15, 0.2) is 0 Å². The van der Waals surface area contributed by atoms with E-state index in [0.29, 0.717) is 6.61 Å². The van der Waals surface area contributed by atoms with Crippen molar-refractivity contribution in [3.8, 4) is 5.75 Å². The molecule has 1 aliphatic heterocycles. The van der Waals surface area contributed by atoms with E-state index in [0.717, 1.165) is 16.0 Å². The Balaban J connectivity index is 1.87. The van der Waals surface area contributed by atoms with E-state index in [1.165, 1.54) is 5.56 Å². The summed E-state index contributed by atoms with van der Waals surface area (Å²) < 4.78 is 6.58. The van der Waals surface area contributed by atoms with Gasteiger partial charge < -0.3 is 10.1 Å². The van der Waals surface area contributed by atoms with E-state index in [4.69, 9.17) is 4.74 Å². The van der Waals surface area contributed by atoms with Crippen LogP contribution in [0.5, 0.6) is 5.75 Å². The highest BCUT2D eigenvalue weighted by Crippen LogP contribution is 2.34. The van der Waals surface area contributed by atoms with E-state index >= 15 is 0 Å². The fraction of sp³-hybridized carbons (Fsp3) is 0.154. The molecule has 1 atom stereocenters. The largest absolute Gasteiger partial charge is 0.491 e. The lowest BCUT2D eigenvalue weighted by molar-refractivity contribution is 0.339. The van der Waals surface area contributed by atoms with Crippen LogP contribution in [-0.4, -0.2) is 11.6 Å². The molecule has 0 saturated carbocycles. The molecule has 0 aliphatic carbocycles. The molecule has 1 aliphatic rings. The van der Waals surface area contributed by atoms with Crippen molar-refractivity contribution < 1.29 is 4.74 Å². The third-order valence-electron chi connectivity index (χ3n) is 2.77. The van der Waals surface area contributed by atoms with E-state index in [1.54, 1.807) is 6.20 Å². The lowest BCUT2D eigenvalue weighted by Crippen LogP contribution is -2.13. The normalized spacial score (nSPS) is 17.4. The maximum atomic E-state index is 5.62. The standard InChI is InChI=1S/C13H11BrN2O/c14-10-5-3-7-15-13(10)16-11-8-17-12-6-2-1-4-9(11)12/h1-7,11H,8H2,(H,15,16). The summed E-state index contributed by atoms with van der Waals surface area (Å²) in [5.74, 6) is 1.80. The van der Waals surface area contributed by atoms with E-state index in [1.807, 2.05) is 30.3 Å². The average molecular weight is 291 g/mol. The molecule has 0 amide bonds. The second-order valence-electron chi connectivity index (χ2n) is 3.88. The molecule has 0 radical (unpaired) electrons. The van der Waals surface area contributed by atoms with Crippen LogP contribution in [0.15, 0.2) is 47.1 Å². The molecule has 4 heteroatoms. The van der Waals surface area contributed by atoms with Crippen LogP contribution in [-0.2, 0) is 0 Å². The summed E-state index contributed by atoms with van der Waals surface area (Å²) in [7, 11) is 0. The smallest absolute Gasteiger partial charge is 0.140 e. The van der Waals surface area contributed by atoms with E-state index in [2.05, 4.69) is 32.3 Å². The second kappa shape index (κ2) is 4.37. The third kappa shape index (κ3) is 2.00. The van der Waals surface area contributed by atoms with Gasteiger partial charge in [-0.05, 0) is 34.1 Å². The Labute approximate surface area is 108 Å². The topological polar surface area (TPSA) is 34.2 Å². The van der Waals surface area contributed by atoms with E-state index < -0.39 is 0 Å². The van der Waals surface area contributed by atoms with Gasteiger partial charge in [0.25, 0.3) is 0 Å². The molecule has 17 heavy (non-hydrogen) atoms. The van der Waals surface area contributed by atoms with Gasteiger partial charge in [-0.2, -0.15) is 0 Å². The molecule has 1 unspecified atom stereocenters. The number of aromatic nitrogens is 1. The first-order valence-electron chi connectivity index (χ1n) is 5.43. The number of hydrogen-bond donors (Lipinski definition) is 1. The van der Waals surface area contributed by atoms with Gasteiger partial charge in [-0.1, -0.05) is 18.2 Å². The molecule has 0 saturated heterocycles. The Morgan fingerprint density at radius 1 is 1.24 bits per heavy atom. The number of fused-ring (bicyclic) bond motifs is 1. The second-order valence-corrected chi connectivity index (χ2v) is 4.73. The van der Waals surface area contributed by atoms with Crippen molar-refractivity contribution in [3.63, 3.8) is 0 Å². The van der Waals surface area contributed by atoms with Crippen LogP contribution in [0.2, 0.25) is 0 Å². The summed E-state index contributed by atoms with van der Waals surface area (Å²) >= 11 is 3.48. The summed E-state index contributed by atoms with van der Waals surface area (Å²) in [4.78, 5) is 4.30. The Morgan fingerprint density at radius 2 is 2.12 bits per heavy atom. The average Bonchev–Trinajstić information content (AvgIpc) is 2.76. The fourth-order valence-corrected chi connectivity index (χ4v) is 2.31. The zero-order valence-electron chi connectivity index (χ0n) is 9.06. The minimum absolute atomic E-state index is 0.164. The first-order chi connectivity index (χ1) is 8.34. The number of nitrogens with one attached hydrogen (secondary N) is 1. The summed E-state index contributed by atoms with van der Waals surface area (Å²) in [6, 6.07) is 12.1. The van der Waals surface area contributed by atoms with Gasteiger partial charge in [0.05, 0.1) is 10.5 Å². The number of anilines is 1. The number of pyridine rings is 1. The van der Waals surface area contributed by atoms with Crippen molar-refractivity contribution in [1.82, 2.24) is 4.98 Å². The number of ether oxygens (including phenoxy) is 1. The molecule has 0 fully saturated rings. The molecule has 3 nitrogen and oxygen atoms in total. The lowest BCUT2D eigenvalue weighted by Gasteiger charge is -2.13. The first kappa shape index (κ1) is 10.6. The van der Waals surface area contributed by atoms with Crippen molar-refractivity contribution in [2.45, 2.75) is 6.04 Å². The van der Waals surface area contributed by atoms with Gasteiger partial charge in [-0.15, -0.1) is 0 Å². The van der Waals surface area contributed by atoms with Crippen LogP contribution in [0.1, 0.15) is 11.6 Å². The number of rotatable bonds is 2. The van der Waals surface area contributed by atoms with Crippen molar-refractivity contribution >= 4 is 21.7 Å². The highest BCUT2D eigenvalue weighted by Gasteiger charge is 2.23. The molecule has 3 rings (SSSR count). The Hall–Kier alpha value is -1.55. The minimum atomic E-state index is 0.164. The van der Waals surface area contributed by atoms with Crippen LogP contribution >= 0.6 is 15.9 Å². The highest BCUT2D eigenvalue weighted by molar-refractivity contribution is 9.10. The fourth-order valence-electron chi connectivity index (χ4n) is 1.94. The minimum Gasteiger partial charge on any atom is -0.491 e. The maximum absolute atomic E-state index is 5.62. The number of para-hydroxylation sites is 1. The SMILES string of the molecule is Brc1cccnc1NC1COc2ccccc21. The van der Waals surface area contributed by atoms with Gasteiger partial charge in [0.2, 0.25) is 0 Å². The predicted molar refractivity (Wildman–Crippen MR) is 70.2 cm³/mol. The number of hydrogen-bond acceptors (Lipinski definition) is 3. The summed E-state index contributed by atoms with van der Waals surface area (Å²) in [6.07, 6.45) is 1.77. The molecule has 2 heterocycles. The van der Waals surface area contributed by atoms with Crippen LogP contribution < -0.4 is 10.1 Å². The first-order valence-corrected chi connectivity index (χ1v) is 6.22. The van der Waals surface area contributed by atoms with Crippen molar-refractivity contribution in [1.29, 1.82) is 0 Å². The molecular weight excluding hydrogens is 280 g/mol. The monoisotopic (exact) mass is 290 g/mol. The lowest BCUT2D eigenvalue weighted by atomic mass is 10.1. The zero-order valence-corrected chi connectivity index (χ0v) is 10.6. The highest BCUT2D eigenvalue weighted by atomic mass is 79.9. The van der Waals surface area contributed by atoms with Crippen LogP contribution in [0.25, 0.3) is 0 Å². The number of nitrogens with zero attached hydrogens (tertiary/aromatic N) is 1. The van der Waals surface area contributed by atoms with Gasteiger partial charge >= 0.3 is 0 Å². The summed E-state index contributed by atoms with van der Waals surface area (Å²) in [5, 5.41) is 3.38. The Kier molecular flexibility index (Phi) is 2.73. The van der Waals surface area contributed by atoms with Crippen LogP contribution in [0, 0.1) is 0 Å². The molecule has 0 bridgehead atoms. The molecule has 1 N–H and O–H groups in total. The number of benzene rings is 1. The van der Waals surface area contributed by atoms with Gasteiger partial charge in [-0.25, -0.2) is 4.98 Å². The summed E-state index contributed by atoms with van der Waals surface area (Å²) in [5.41, 5.74) is 1.19. The maximum Gasteiger partial charge on any atom is 0.140 e. The predicted octanol–water partition coefficient (Wildman–Crippen LogP) is 3.39. The Bertz CT molecular complexity index is 544. The van der Waals surface area contributed by atoms with Crippen molar-refractivity contribution in [3.05, 3.63) is 52.6 Å². The van der Waals surface area contributed by atoms with Crippen molar-refractivity contribution in [2.75, 3.05) is 11.9 Å². The van der Waals surface area contributed by atoms with Crippen molar-refractivity contribution in [2.24, 2.45) is 0 Å². The Morgan fingerprint density at radius 3 is 3.00 bits per heavy atom. The van der Waals surface area contributed by atoms with Gasteiger partial charge in [0, 0.05) is 11.8 Å². The molecule has 0 spiro atoms. The van der Waals surface area contributed by atoms with Gasteiger partial charge in [0.1, 0.15) is 18.2 Å². The molecule has 1 aromatic carbocycles. The van der Waals surface area contributed by atoms with E-state index in [9.17, 15) is 0 Å². The van der Waals surface area contributed by atoms with Crippen LogP contribution in [0.3, 0.4) is 0 Å². The zero-order chi connectivity index (χ0) is 11.7. The molecule has 2 aromatic rings. The molecular formula is C13H11BrN2O. The summed E-state index contributed by atoms with van der Waals surface area (Å²) in [6.45, 7) is 0.641. The quantitative estimate of drug-likeness (QED) is 0.921. The van der Waals surface area contributed by atoms with Gasteiger partial charge in [-0.3, -0.25) is 0 Å².